The molecule has 1 atom stereocenters. The standard InChI is InChI=1S/C24H17F3N6O/c1-14-5-2-6-15-11-17(20(31-19(14)15)16-7-4-10-33(34)12-16)22(24(25,26)27)32-23-21-18(29-13-30-23)8-3-9-28-21/h2-13,22H,1H3,(H,29,30,32)/t22-/m1/s1. The molecule has 170 valence electrons. The molecule has 34 heavy (non-hydrogen) atoms. The van der Waals surface area contributed by atoms with Crippen LogP contribution in [0.15, 0.2) is 73.4 Å². The molecule has 0 amide bonds. The minimum absolute atomic E-state index is 0.0492. The highest BCUT2D eigenvalue weighted by molar-refractivity contribution is 5.87. The number of hydrogen-bond acceptors (Lipinski definition) is 6. The van der Waals surface area contributed by atoms with Crippen molar-refractivity contribution in [1.82, 2.24) is 19.9 Å². The molecule has 0 unspecified atom stereocenters. The second kappa shape index (κ2) is 8.22. The molecule has 5 rings (SSSR count). The fourth-order valence-corrected chi connectivity index (χ4v) is 3.88. The first kappa shape index (κ1) is 21.5. The Hall–Kier alpha value is -4.34. The Bertz CT molecular complexity index is 1520. The van der Waals surface area contributed by atoms with Crippen molar-refractivity contribution in [1.29, 1.82) is 0 Å². The van der Waals surface area contributed by atoms with Gasteiger partial charge < -0.3 is 10.5 Å². The van der Waals surface area contributed by atoms with E-state index in [0.29, 0.717) is 21.2 Å². The van der Waals surface area contributed by atoms with E-state index in [9.17, 15) is 18.4 Å². The summed E-state index contributed by atoms with van der Waals surface area (Å²) in [6.07, 6.45) is 0.378. The van der Waals surface area contributed by atoms with Crippen molar-refractivity contribution in [3.63, 3.8) is 0 Å². The molecule has 0 bridgehead atoms. The zero-order valence-corrected chi connectivity index (χ0v) is 17.8. The fraction of sp³-hybridized carbons (Fsp3) is 0.125. The molecule has 0 spiro atoms. The summed E-state index contributed by atoms with van der Waals surface area (Å²) in [7, 11) is 0. The molecule has 0 aliphatic carbocycles. The quantitative estimate of drug-likeness (QED) is 0.302. The van der Waals surface area contributed by atoms with E-state index in [1.165, 1.54) is 37.1 Å². The predicted molar refractivity (Wildman–Crippen MR) is 121 cm³/mol. The lowest BCUT2D eigenvalue weighted by Gasteiger charge is -2.25. The van der Waals surface area contributed by atoms with Crippen LogP contribution < -0.4 is 10.0 Å². The molecular formula is C24H17F3N6O. The van der Waals surface area contributed by atoms with Gasteiger partial charge in [-0.1, -0.05) is 18.2 Å². The second-order valence-electron chi connectivity index (χ2n) is 7.74. The normalized spacial score (nSPS) is 12.7. The molecule has 4 heterocycles. The molecule has 4 aromatic heterocycles. The molecule has 10 heteroatoms. The van der Waals surface area contributed by atoms with E-state index in [2.05, 4.69) is 25.3 Å². The molecular weight excluding hydrogens is 445 g/mol. The van der Waals surface area contributed by atoms with Crippen molar-refractivity contribution >= 4 is 27.8 Å². The van der Waals surface area contributed by atoms with E-state index in [1.807, 2.05) is 13.0 Å². The third kappa shape index (κ3) is 3.94. The van der Waals surface area contributed by atoms with Crippen molar-refractivity contribution < 1.29 is 17.9 Å². The summed E-state index contributed by atoms with van der Waals surface area (Å²) in [6, 6.07) is 10.9. The fourth-order valence-electron chi connectivity index (χ4n) is 3.88. The third-order valence-corrected chi connectivity index (χ3v) is 5.44. The first-order valence-electron chi connectivity index (χ1n) is 10.3. The molecule has 7 nitrogen and oxygen atoms in total. The molecule has 1 aromatic carbocycles. The number of para-hydroxylation sites is 1. The van der Waals surface area contributed by atoms with Gasteiger partial charge in [-0.2, -0.15) is 17.9 Å². The topological polar surface area (TPSA) is 90.5 Å². The highest BCUT2D eigenvalue weighted by atomic mass is 19.4. The molecule has 0 saturated carbocycles. The molecule has 5 aromatic rings. The minimum Gasteiger partial charge on any atom is -0.619 e. The number of anilines is 1. The van der Waals surface area contributed by atoms with E-state index >= 15 is 0 Å². The summed E-state index contributed by atoms with van der Waals surface area (Å²) < 4.78 is 44.1. The summed E-state index contributed by atoms with van der Waals surface area (Å²) in [5.74, 6) is -0.0600. The number of hydrogen-bond donors (Lipinski definition) is 1. The summed E-state index contributed by atoms with van der Waals surface area (Å²) in [5, 5.41) is 15.0. The Morgan fingerprint density at radius 1 is 1.00 bits per heavy atom. The van der Waals surface area contributed by atoms with Gasteiger partial charge >= 0.3 is 6.18 Å². The van der Waals surface area contributed by atoms with Gasteiger partial charge in [0.25, 0.3) is 0 Å². The van der Waals surface area contributed by atoms with Gasteiger partial charge in [0.15, 0.2) is 24.3 Å². The number of aromatic nitrogens is 5. The average molecular weight is 462 g/mol. The molecule has 0 fully saturated rings. The second-order valence-corrected chi connectivity index (χ2v) is 7.74. The van der Waals surface area contributed by atoms with Gasteiger partial charge in [-0.15, -0.1) is 0 Å². The number of halogens is 3. The zero-order chi connectivity index (χ0) is 23.9. The number of rotatable bonds is 4. The van der Waals surface area contributed by atoms with Gasteiger partial charge in [0, 0.05) is 23.2 Å². The lowest BCUT2D eigenvalue weighted by Crippen LogP contribution is -2.30. The van der Waals surface area contributed by atoms with E-state index in [0.717, 1.165) is 5.56 Å². The van der Waals surface area contributed by atoms with Gasteiger partial charge in [0.05, 0.1) is 22.3 Å². The van der Waals surface area contributed by atoms with Crippen LogP contribution in [-0.4, -0.2) is 26.1 Å². The van der Waals surface area contributed by atoms with Crippen molar-refractivity contribution in [2.24, 2.45) is 0 Å². The van der Waals surface area contributed by atoms with E-state index in [-0.39, 0.29) is 28.2 Å². The third-order valence-electron chi connectivity index (χ3n) is 5.44. The SMILES string of the molecule is Cc1cccc2cc([C@@H](Nc3ncnc4cccnc34)C(F)(F)F)c(-c3ccc[n+]([O-])c3)nc12. The number of benzene rings is 1. The van der Waals surface area contributed by atoms with Gasteiger partial charge in [-0.25, -0.2) is 15.0 Å². The summed E-state index contributed by atoms with van der Waals surface area (Å²) in [5.41, 5.74) is 2.15. The maximum Gasteiger partial charge on any atom is 0.412 e. The number of pyridine rings is 3. The summed E-state index contributed by atoms with van der Waals surface area (Å²) >= 11 is 0. The van der Waals surface area contributed by atoms with E-state index in [1.54, 1.807) is 30.3 Å². The lowest BCUT2D eigenvalue weighted by molar-refractivity contribution is -0.604. The van der Waals surface area contributed by atoms with Crippen LogP contribution in [0.3, 0.4) is 0 Å². The van der Waals surface area contributed by atoms with Crippen LogP contribution in [0.4, 0.5) is 19.0 Å². The predicted octanol–water partition coefficient (Wildman–Crippen LogP) is 4.90. The Kier molecular flexibility index (Phi) is 5.20. The molecule has 0 radical (unpaired) electrons. The average Bonchev–Trinajstić information content (AvgIpc) is 2.81. The monoisotopic (exact) mass is 462 g/mol. The van der Waals surface area contributed by atoms with E-state index in [4.69, 9.17) is 0 Å². The van der Waals surface area contributed by atoms with Gasteiger partial charge in [0.2, 0.25) is 0 Å². The number of aryl methyl sites for hydroxylation is 1. The highest BCUT2D eigenvalue weighted by Crippen LogP contribution is 2.41. The Morgan fingerprint density at radius 3 is 2.65 bits per heavy atom. The highest BCUT2D eigenvalue weighted by Gasteiger charge is 2.43. The first-order chi connectivity index (χ1) is 16.3. The van der Waals surface area contributed by atoms with Gasteiger partial charge in [-0.3, -0.25) is 4.98 Å². The first-order valence-corrected chi connectivity index (χ1v) is 10.3. The maximum absolute atomic E-state index is 14.5. The van der Waals surface area contributed by atoms with Crippen LogP contribution in [0.5, 0.6) is 0 Å². The van der Waals surface area contributed by atoms with Crippen LogP contribution in [0.25, 0.3) is 33.2 Å². The van der Waals surface area contributed by atoms with Gasteiger partial charge in [0.1, 0.15) is 11.8 Å². The van der Waals surface area contributed by atoms with Crippen molar-refractivity contribution in [3.05, 3.63) is 89.8 Å². The summed E-state index contributed by atoms with van der Waals surface area (Å²) in [6.45, 7) is 1.83. The van der Waals surface area contributed by atoms with E-state index < -0.39 is 12.2 Å². The maximum atomic E-state index is 14.5. The van der Waals surface area contributed by atoms with Crippen molar-refractivity contribution in [2.75, 3.05) is 5.32 Å². The Balaban J connectivity index is 1.75. The minimum atomic E-state index is -4.72. The lowest BCUT2D eigenvalue weighted by atomic mass is 9.97. The molecule has 0 aliphatic heterocycles. The van der Waals surface area contributed by atoms with Crippen LogP contribution in [0.2, 0.25) is 0 Å². The largest absolute Gasteiger partial charge is 0.619 e. The van der Waals surface area contributed by atoms with Crippen molar-refractivity contribution in [3.8, 4) is 11.3 Å². The smallest absolute Gasteiger partial charge is 0.412 e. The molecule has 0 aliphatic rings. The van der Waals surface area contributed by atoms with Crippen LogP contribution in [0.1, 0.15) is 17.2 Å². The number of fused-ring (bicyclic) bond motifs is 2. The number of nitrogens with one attached hydrogen (secondary N) is 1. The van der Waals surface area contributed by atoms with Crippen LogP contribution in [0, 0.1) is 12.1 Å². The molecule has 1 N–H and O–H groups in total. The summed E-state index contributed by atoms with van der Waals surface area (Å²) in [4.78, 5) is 16.8. The zero-order valence-electron chi connectivity index (χ0n) is 17.8. The van der Waals surface area contributed by atoms with Crippen LogP contribution >= 0.6 is 0 Å². The Morgan fingerprint density at radius 2 is 1.85 bits per heavy atom. The number of alkyl halides is 3. The Labute approximate surface area is 191 Å². The van der Waals surface area contributed by atoms with Crippen LogP contribution in [-0.2, 0) is 0 Å². The number of nitrogens with zero attached hydrogens (tertiary/aromatic N) is 5. The van der Waals surface area contributed by atoms with Crippen molar-refractivity contribution in [2.45, 2.75) is 19.1 Å². The van der Waals surface area contributed by atoms with Gasteiger partial charge in [-0.05, 0) is 36.8 Å². The molecule has 0 saturated heterocycles.